The number of carbonyl (C=O) groups is 1. The van der Waals surface area contributed by atoms with Gasteiger partial charge in [0.25, 0.3) is 5.91 Å². The topological polar surface area (TPSA) is 38.3 Å². The van der Waals surface area contributed by atoms with Gasteiger partial charge in [0.05, 0.1) is 12.7 Å². The van der Waals surface area contributed by atoms with E-state index in [-0.39, 0.29) is 11.3 Å². The zero-order chi connectivity index (χ0) is 12.3. The zero-order valence-corrected chi connectivity index (χ0v) is 11.4. The number of hydrogen-bond acceptors (Lipinski definition) is 2. The highest BCUT2D eigenvalue weighted by molar-refractivity contribution is 9.09. The van der Waals surface area contributed by atoms with E-state index in [1.165, 1.54) is 12.8 Å². The Balaban J connectivity index is 1.99. The Hall–Kier alpha value is -1.03. The summed E-state index contributed by atoms with van der Waals surface area (Å²) in [6.07, 6.45) is 2.37. The lowest BCUT2D eigenvalue weighted by Gasteiger charge is -2.13. The largest absolute Gasteiger partial charge is 0.496 e. The number of nitrogens with one attached hydrogen (secondary N) is 1. The van der Waals surface area contributed by atoms with Crippen LogP contribution in [0.25, 0.3) is 0 Å². The Morgan fingerprint density at radius 1 is 1.47 bits per heavy atom. The van der Waals surface area contributed by atoms with E-state index < -0.39 is 0 Å². The molecule has 1 aromatic carbocycles. The zero-order valence-electron chi connectivity index (χ0n) is 9.83. The van der Waals surface area contributed by atoms with E-state index in [1.807, 2.05) is 12.1 Å². The number of benzene rings is 1. The smallest absolute Gasteiger partial charge is 0.255 e. The second kappa shape index (κ2) is 5.08. The van der Waals surface area contributed by atoms with E-state index in [1.54, 1.807) is 19.2 Å². The second-order valence-corrected chi connectivity index (χ2v) is 5.08. The maximum absolute atomic E-state index is 12.0. The molecular weight excluding hydrogens is 282 g/mol. The minimum Gasteiger partial charge on any atom is -0.496 e. The van der Waals surface area contributed by atoms with Crippen LogP contribution in [0.4, 0.5) is 0 Å². The quantitative estimate of drug-likeness (QED) is 0.849. The molecule has 92 valence electrons. The second-order valence-electron chi connectivity index (χ2n) is 4.52. The molecule has 0 heterocycles. The van der Waals surface area contributed by atoms with E-state index in [0.717, 1.165) is 11.9 Å². The van der Waals surface area contributed by atoms with Crippen molar-refractivity contribution in [2.75, 3.05) is 19.0 Å². The van der Waals surface area contributed by atoms with Gasteiger partial charge in [-0.2, -0.15) is 0 Å². The van der Waals surface area contributed by atoms with Gasteiger partial charge in [-0.15, -0.1) is 0 Å². The monoisotopic (exact) mass is 297 g/mol. The normalized spacial score (nSPS) is 16.4. The van der Waals surface area contributed by atoms with E-state index >= 15 is 0 Å². The van der Waals surface area contributed by atoms with Crippen LogP contribution in [-0.2, 0) is 0 Å². The van der Waals surface area contributed by atoms with Crippen molar-refractivity contribution in [3.63, 3.8) is 0 Å². The van der Waals surface area contributed by atoms with Gasteiger partial charge in [-0.1, -0.05) is 28.1 Å². The molecular formula is C13H16BrNO2. The van der Waals surface area contributed by atoms with Gasteiger partial charge >= 0.3 is 0 Å². The average molecular weight is 298 g/mol. The van der Waals surface area contributed by atoms with Gasteiger partial charge in [-0.25, -0.2) is 0 Å². The summed E-state index contributed by atoms with van der Waals surface area (Å²) >= 11 is 3.49. The molecule has 2 rings (SSSR count). The van der Waals surface area contributed by atoms with Crippen molar-refractivity contribution in [1.29, 1.82) is 0 Å². The summed E-state index contributed by atoms with van der Waals surface area (Å²) in [4.78, 5) is 12.0. The number of hydrogen-bond donors (Lipinski definition) is 1. The number of ether oxygens (including phenoxy) is 1. The van der Waals surface area contributed by atoms with Crippen LogP contribution >= 0.6 is 15.9 Å². The fourth-order valence-electron chi connectivity index (χ4n) is 1.73. The lowest BCUT2D eigenvalue weighted by Crippen LogP contribution is -2.31. The van der Waals surface area contributed by atoms with Crippen molar-refractivity contribution < 1.29 is 9.53 Å². The Labute approximate surface area is 110 Å². The summed E-state index contributed by atoms with van der Waals surface area (Å²) in [6.45, 7) is 0.731. The van der Waals surface area contributed by atoms with Crippen molar-refractivity contribution in [2.45, 2.75) is 12.8 Å². The number of amides is 1. The predicted molar refractivity (Wildman–Crippen MR) is 70.8 cm³/mol. The van der Waals surface area contributed by atoms with Crippen molar-refractivity contribution in [3.8, 4) is 5.75 Å². The highest BCUT2D eigenvalue weighted by Crippen LogP contribution is 2.46. The summed E-state index contributed by atoms with van der Waals surface area (Å²) < 4.78 is 5.17. The first-order chi connectivity index (χ1) is 8.21. The molecule has 0 aromatic heterocycles. The molecule has 1 N–H and O–H groups in total. The molecule has 1 fully saturated rings. The number of carbonyl (C=O) groups excluding carboxylic acids is 1. The third-order valence-corrected chi connectivity index (χ3v) is 4.41. The van der Waals surface area contributed by atoms with Gasteiger partial charge < -0.3 is 10.1 Å². The molecule has 0 bridgehead atoms. The molecule has 1 aliphatic carbocycles. The minimum absolute atomic E-state index is 0.0605. The SMILES string of the molecule is COc1ccccc1C(=O)NCC1(CBr)CC1. The van der Waals surface area contributed by atoms with Crippen LogP contribution in [-0.4, -0.2) is 24.9 Å². The van der Waals surface area contributed by atoms with Crippen LogP contribution in [0.2, 0.25) is 0 Å². The molecule has 17 heavy (non-hydrogen) atoms. The maximum Gasteiger partial charge on any atom is 0.255 e. The van der Waals surface area contributed by atoms with Gasteiger partial charge in [-0.3, -0.25) is 4.79 Å². The third kappa shape index (κ3) is 2.80. The number of methoxy groups -OCH3 is 1. The first-order valence-corrected chi connectivity index (χ1v) is 6.80. The first kappa shape index (κ1) is 12.4. The summed E-state index contributed by atoms with van der Waals surface area (Å²) in [5.41, 5.74) is 0.887. The van der Waals surface area contributed by atoms with Crippen LogP contribution in [0, 0.1) is 5.41 Å². The van der Waals surface area contributed by atoms with Gasteiger partial charge in [0, 0.05) is 11.9 Å². The maximum atomic E-state index is 12.0. The summed E-state index contributed by atoms with van der Waals surface area (Å²) in [7, 11) is 1.58. The Kier molecular flexibility index (Phi) is 3.72. The van der Waals surface area contributed by atoms with Gasteiger partial charge in [-0.05, 0) is 30.4 Å². The number of para-hydroxylation sites is 1. The molecule has 0 unspecified atom stereocenters. The lowest BCUT2D eigenvalue weighted by molar-refractivity contribution is 0.0943. The fraction of sp³-hybridized carbons (Fsp3) is 0.462. The standard InChI is InChI=1S/C13H16BrNO2/c1-17-11-5-3-2-4-10(11)12(16)15-9-13(8-14)6-7-13/h2-5H,6-9H2,1H3,(H,15,16). The number of halogens is 1. The molecule has 1 aromatic rings. The van der Waals surface area contributed by atoms with Crippen LogP contribution < -0.4 is 10.1 Å². The molecule has 0 atom stereocenters. The first-order valence-electron chi connectivity index (χ1n) is 5.68. The van der Waals surface area contributed by atoms with E-state index in [0.29, 0.717) is 11.3 Å². The minimum atomic E-state index is -0.0605. The molecule has 0 aliphatic heterocycles. The van der Waals surface area contributed by atoms with E-state index in [4.69, 9.17) is 4.74 Å². The molecule has 3 nitrogen and oxygen atoms in total. The molecule has 0 saturated heterocycles. The average Bonchev–Trinajstić information content (AvgIpc) is 3.16. The van der Waals surface area contributed by atoms with Gasteiger partial charge in [0.2, 0.25) is 0 Å². The van der Waals surface area contributed by atoms with Crippen molar-refractivity contribution >= 4 is 21.8 Å². The Bertz CT molecular complexity index is 416. The lowest BCUT2D eigenvalue weighted by atomic mass is 10.1. The van der Waals surface area contributed by atoms with Crippen LogP contribution in [0.1, 0.15) is 23.2 Å². The summed E-state index contributed by atoms with van der Waals surface area (Å²) in [6, 6.07) is 7.28. The Morgan fingerprint density at radius 2 is 2.18 bits per heavy atom. The van der Waals surface area contributed by atoms with E-state index in [2.05, 4.69) is 21.2 Å². The van der Waals surface area contributed by atoms with Crippen molar-refractivity contribution in [3.05, 3.63) is 29.8 Å². The molecule has 1 amide bonds. The van der Waals surface area contributed by atoms with Gasteiger partial charge in [0.15, 0.2) is 0 Å². The van der Waals surface area contributed by atoms with Crippen LogP contribution in [0.3, 0.4) is 0 Å². The molecule has 0 spiro atoms. The van der Waals surface area contributed by atoms with Crippen molar-refractivity contribution in [2.24, 2.45) is 5.41 Å². The molecule has 1 saturated carbocycles. The van der Waals surface area contributed by atoms with Crippen LogP contribution in [0.5, 0.6) is 5.75 Å². The molecule has 4 heteroatoms. The third-order valence-electron chi connectivity index (χ3n) is 3.22. The van der Waals surface area contributed by atoms with Crippen LogP contribution in [0.15, 0.2) is 24.3 Å². The predicted octanol–water partition coefficient (Wildman–Crippen LogP) is 2.60. The Morgan fingerprint density at radius 3 is 2.76 bits per heavy atom. The highest BCUT2D eigenvalue weighted by atomic mass is 79.9. The number of alkyl halides is 1. The van der Waals surface area contributed by atoms with Gasteiger partial charge in [0.1, 0.15) is 5.75 Å². The number of rotatable bonds is 5. The summed E-state index contributed by atoms with van der Waals surface area (Å²) in [5.74, 6) is 0.559. The fourth-order valence-corrected chi connectivity index (χ4v) is 2.49. The molecule has 0 radical (unpaired) electrons. The van der Waals surface area contributed by atoms with E-state index in [9.17, 15) is 4.79 Å². The van der Waals surface area contributed by atoms with Crippen molar-refractivity contribution in [1.82, 2.24) is 5.32 Å². The molecule has 1 aliphatic rings. The summed E-state index contributed by atoms with van der Waals surface area (Å²) in [5, 5.41) is 3.93. The highest BCUT2D eigenvalue weighted by Gasteiger charge is 2.41.